The molecule has 4 aromatic rings. The van der Waals surface area contributed by atoms with Crippen LogP contribution in [-0.2, 0) is 6.54 Å². The van der Waals surface area contributed by atoms with E-state index in [1.54, 1.807) is 95.0 Å². The number of amides is 2. The SMILES string of the molecule is O=C(NO)c1ccc(CNC(=O)c2ccc(C(=O)c3ccccc3)n2-c2ccc(Cl)cc2)cc1. The van der Waals surface area contributed by atoms with Crippen molar-refractivity contribution < 1.29 is 19.6 Å². The molecule has 0 aliphatic rings. The van der Waals surface area contributed by atoms with E-state index in [1.807, 2.05) is 6.07 Å². The van der Waals surface area contributed by atoms with Crippen molar-refractivity contribution in [1.82, 2.24) is 15.4 Å². The molecule has 0 atom stereocenters. The van der Waals surface area contributed by atoms with Crippen molar-refractivity contribution in [2.75, 3.05) is 0 Å². The standard InChI is InChI=1S/C26H20ClN3O4/c27-20-10-12-21(13-11-20)30-22(24(31)18-4-2-1-3-5-18)14-15-23(30)26(33)28-16-17-6-8-19(9-7-17)25(32)29-34/h1-15,34H,16H2,(H,28,33)(H,29,32). The molecule has 7 nitrogen and oxygen atoms in total. The first-order valence-electron chi connectivity index (χ1n) is 10.4. The molecule has 0 saturated carbocycles. The molecule has 0 aliphatic heterocycles. The zero-order chi connectivity index (χ0) is 24.1. The van der Waals surface area contributed by atoms with Crippen LogP contribution in [0.2, 0.25) is 5.02 Å². The third-order valence-corrected chi connectivity index (χ3v) is 5.49. The van der Waals surface area contributed by atoms with Gasteiger partial charge in [-0.2, -0.15) is 0 Å². The maximum absolute atomic E-state index is 13.2. The Morgan fingerprint density at radius 3 is 2.03 bits per heavy atom. The summed E-state index contributed by atoms with van der Waals surface area (Å²) < 4.78 is 1.61. The summed E-state index contributed by atoms with van der Waals surface area (Å²) in [5, 5.41) is 12.1. The van der Waals surface area contributed by atoms with E-state index in [0.29, 0.717) is 27.5 Å². The molecule has 0 unspecified atom stereocenters. The van der Waals surface area contributed by atoms with Crippen LogP contribution < -0.4 is 10.8 Å². The molecule has 3 N–H and O–H groups in total. The van der Waals surface area contributed by atoms with Gasteiger partial charge in [-0.25, -0.2) is 5.48 Å². The van der Waals surface area contributed by atoms with Gasteiger partial charge in [0.15, 0.2) is 0 Å². The highest BCUT2D eigenvalue weighted by Gasteiger charge is 2.21. The number of hydrogen-bond donors (Lipinski definition) is 3. The Balaban J connectivity index is 1.62. The average Bonchev–Trinajstić information content (AvgIpc) is 3.33. The Labute approximate surface area is 200 Å². The minimum atomic E-state index is -0.619. The van der Waals surface area contributed by atoms with Crippen LogP contribution in [0.15, 0.2) is 91.0 Å². The van der Waals surface area contributed by atoms with Gasteiger partial charge in [-0.05, 0) is 54.1 Å². The number of nitrogens with zero attached hydrogens (tertiary/aromatic N) is 1. The summed E-state index contributed by atoms with van der Waals surface area (Å²) in [6.45, 7) is 0.202. The summed E-state index contributed by atoms with van der Waals surface area (Å²) >= 11 is 6.04. The number of hydrogen-bond acceptors (Lipinski definition) is 4. The van der Waals surface area contributed by atoms with Crippen LogP contribution in [0.5, 0.6) is 0 Å². The Morgan fingerprint density at radius 2 is 1.38 bits per heavy atom. The minimum Gasteiger partial charge on any atom is -0.347 e. The number of rotatable bonds is 7. The molecule has 0 fully saturated rings. The molecule has 1 aromatic heterocycles. The van der Waals surface area contributed by atoms with Crippen LogP contribution in [0.4, 0.5) is 0 Å². The highest BCUT2D eigenvalue weighted by molar-refractivity contribution is 6.30. The lowest BCUT2D eigenvalue weighted by atomic mass is 10.1. The van der Waals surface area contributed by atoms with E-state index in [-0.39, 0.29) is 23.9 Å². The number of carbonyl (C=O) groups excluding carboxylic acids is 3. The fraction of sp³-hybridized carbons (Fsp3) is 0.0385. The largest absolute Gasteiger partial charge is 0.347 e. The fourth-order valence-corrected chi connectivity index (χ4v) is 3.63. The second-order valence-corrected chi connectivity index (χ2v) is 7.87. The van der Waals surface area contributed by atoms with Gasteiger partial charge in [-0.3, -0.25) is 19.6 Å². The van der Waals surface area contributed by atoms with E-state index in [4.69, 9.17) is 16.8 Å². The van der Waals surface area contributed by atoms with Crippen LogP contribution in [0.3, 0.4) is 0 Å². The molecule has 34 heavy (non-hydrogen) atoms. The summed E-state index contributed by atoms with van der Waals surface area (Å²) in [6, 6.07) is 25.4. The van der Waals surface area contributed by atoms with Gasteiger partial charge >= 0.3 is 0 Å². The topological polar surface area (TPSA) is 100 Å². The van der Waals surface area contributed by atoms with E-state index in [0.717, 1.165) is 5.56 Å². The van der Waals surface area contributed by atoms with Crippen LogP contribution in [0.25, 0.3) is 5.69 Å². The van der Waals surface area contributed by atoms with E-state index in [9.17, 15) is 14.4 Å². The Bertz CT molecular complexity index is 1330. The van der Waals surface area contributed by atoms with Crippen molar-refractivity contribution >= 4 is 29.2 Å². The predicted molar refractivity (Wildman–Crippen MR) is 128 cm³/mol. The molecule has 4 rings (SSSR count). The van der Waals surface area contributed by atoms with Crippen molar-refractivity contribution in [3.63, 3.8) is 0 Å². The van der Waals surface area contributed by atoms with Gasteiger partial charge in [0.25, 0.3) is 11.8 Å². The monoisotopic (exact) mass is 473 g/mol. The van der Waals surface area contributed by atoms with E-state index >= 15 is 0 Å². The zero-order valence-electron chi connectivity index (χ0n) is 17.9. The molecule has 0 spiro atoms. The fourth-order valence-electron chi connectivity index (χ4n) is 3.51. The lowest BCUT2D eigenvalue weighted by Crippen LogP contribution is -2.26. The number of nitrogens with one attached hydrogen (secondary N) is 2. The molecule has 0 aliphatic carbocycles. The van der Waals surface area contributed by atoms with Crippen molar-refractivity contribution in [2.24, 2.45) is 0 Å². The van der Waals surface area contributed by atoms with Crippen LogP contribution in [-0.4, -0.2) is 27.4 Å². The van der Waals surface area contributed by atoms with E-state index in [2.05, 4.69) is 5.32 Å². The molecule has 0 saturated heterocycles. The van der Waals surface area contributed by atoms with Gasteiger partial charge in [0.05, 0.1) is 5.69 Å². The molecule has 8 heteroatoms. The highest BCUT2D eigenvalue weighted by Crippen LogP contribution is 2.22. The normalized spacial score (nSPS) is 10.5. The first-order chi connectivity index (χ1) is 16.5. The molecule has 1 heterocycles. The average molecular weight is 474 g/mol. The number of halogens is 1. The minimum absolute atomic E-state index is 0.202. The van der Waals surface area contributed by atoms with Crippen LogP contribution >= 0.6 is 11.6 Å². The van der Waals surface area contributed by atoms with Crippen molar-refractivity contribution in [2.45, 2.75) is 6.54 Å². The summed E-state index contributed by atoms with van der Waals surface area (Å²) in [6.07, 6.45) is 0. The molecule has 2 amide bonds. The maximum Gasteiger partial charge on any atom is 0.274 e. The van der Waals surface area contributed by atoms with E-state index in [1.165, 1.54) is 0 Å². The molecule has 170 valence electrons. The van der Waals surface area contributed by atoms with Gasteiger partial charge in [0.1, 0.15) is 5.69 Å². The second-order valence-electron chi connectivity index (χ2n) is 7.43. The molecular formula is C26H20ClN3O4. The lowest BCUT2D eigenvalue weighted by Gasteiger charge is -2.14. The Morgan fingerprint density at radius 1 is 0.735 bits per heavy atom. The van der Waals surface area contributed by atoms with Crippen molar-refractivity contribution in [3.8, 4) is 5.69 Å². The molecule has 0 radical (unpaired) electrons. The number of benzene rings is 3. The zero-order valence-corrected chi connectivity index (χ0v) is 18.6. The summed E-state index contributed by atoms with van der Waals surface area (Å²) in [5.74, 6) is -1.21. The summed E-state index contributed by atoms with van der Waals surface area (Å²) in [5.41, 5.74) is 4.39. The Hall–Kier alpha value is -4.20. The predicted octanol–water partition coefficient (Wildman–Crippen LogP) is 4.41. The first kappa shape index (κ1) is 23.0. The smallest absolute Gasteiger partial charge is 0.274 e. The first-order valence-corrected chi connectivity index (χ1v) is 10.7. The molecular weight excluding hydrogens is 454 g/mol. The second kappa shape index (κ2) is 10.2. The van der Waals surface area contributed by atoms with Crippen LogP contribution in [0.1, 0.15) is 42.5 Å². The number of hydroxylamine groups is 1. The molecule has 0 bridgehead atoms. The number of aromatic nitrogens is 1. The van der Waals surface area contributed by atoms with E-state index < -0.39 is 5.91 Å². The lowest BCUT2D eigenvalue weighted by molar-refractivity contribution is 0.0706. The van der Waals surface area contributed by atoms with Gasteiger partial charge in [0.2, 0.25) is 5.78 Å². The molecule has 3 aromatic carbocycles. The van der Waals surface area contributed by atoms with Crippen molar-refractivity contribution in [3.05, 3.63) is 124 Å². The summed E-state index contributed by atoms with van der Waals surface area (Å²) in [7, 11) is 0. The van der Waals surface area contributed by atoms with Crippen molar-refractivity contribution in [1.29, 1.82) is 0 Å². The maximum atomic E-state index is 13.2. The summed E-state index contributed by atoms with van der Waals surface area (Å²) in [4.78, 5) is 37.8. The van der Waals surface area contributed by atoms with Gasteiger partial charge in [0, 0.05) is 28.4 Å². The Kier molecular flexibility index (Phi) is 6.87. The highest BCUT2D eigenvalue weighted by atomic mass is 35.5. The third-order valence-electron chi connectivity index (χ3n) is 5.24. The van der Waals surface area contributed by atoms with Gasteiger partial charge in [-0.15, -0.1) is 0 Å². The van der Waals surface area contributed by atoms with Crippen LogP contribution in [0, 0.1) is 0 Å². The number of ketones is 1. The van der Waals surface area contributed by atoms with Gasteiger partial charge < -0.3 is 9.88 Å². The number of carbonyl (C=O) groups is 3. The third kappa shape index (κ3) is 4.91. The quantitative estimate of drug-likeness (QED) is 0.210. The van der Waals surface area contributed by atoms with Gasteiger partial charge in [-0.1, -0.05) is 54.1 Å².